The summed E-state index contributed by atoms with van der Waals surface area (Å²) in [5, 5.41) is 7.73. The van der Waals surface area contributed by atoms with Gasteiger partial charge in [-0.25, -0.2) is 4.79 Å². The Hall–Kier alpha value is -2.23. The van der Waals surface area contributed by atoms with Gasteiger partial charge in [0.05, 0.1) is 5.69 Å². The Labute approximate surface area is 106 Å². The van der Waals surface area contributed by atoms with Crippen molar-refractivity contribution in [2.24, 2.45) is 0 Å². The monoisotopic (exact) mass is 242 g/mol. The van der Waals surface area contributed by atoms with Gasteiger partial charge in [-0.3, -0.25) is 0 Å². The molecule has 18 heavy (non-hydrogen) atoms. The second kappa shape index (κ2) is 5.40. The second-order valence-electron chi connectivity index (χ2n) is 4.06. The third-order valence-corrected chi connectivity index (χ3v) is 2.65. The molecule has 0 amide bonds. The number of aryl methyl sites for hydroxylation is 2. The predicted octanol–water partition coefficient (Wildman–Crippen LogP) is 2.45. The fourth-order valence-corrected chi connectivity index (χ4v) is 1.44. The van der Waals surface area contributed by atoms with Gasteiger partial charge in [-0.2, -0.15) is 5.10 Å². The Morgan fingerprint density at radius 3 is 2.56 bits per heavy atom. The number of hydrogen-bond donors (Lipinski definition) is 0. The van der Waals surface area contributed by atoms with Crippen molar-refractivity contribution in [3.05, 3.63) is 58.9 Å². The summed E-state index contributed by atoms with van der Waals surface area (Å²) in [5.74, 6) is -0.450. The molecule has 4 nitrogen and oxygen atoms in total. The van der Waals surface area contributed by atoms with Gasteiger partial charge in [0.25, 0.3) is 0 Å². The highest BCUT2D eigenvalue weighted by Crippen LogP contribution is 2.07. The molecule has 0 aliphatic rings. The zero-order chi connectivity index (χ0) is 13.0. The summed E-state index contributed by atoms with van der Waals surface area (Å²) >= 11 is 0. The van der Waals surface area contributed by atoms with Gasteiger partial charge in [0, 0.05) is 0 Å². The summed E-state index contributed by atoms with van der Waals surface area (Å²) in [4.78, 5) is 11.8. The van der Waals surface area contributed by atoms with E-state index in [1.54, 1.807) is 6.07 Å². The fourth-order valence-electron chi connectivity index (χ4n) is 1.44. The van der Waals surface area contributed by atoms with E-state index in [-0.39, 0.29) is 12.3 Å². The Kier molecular flexibility index (Phi) is 3.67. The molecule has 0 unspecified atom stereocenters. The van der Waals surface area contributed by atoms with E-state index in [0.29, 0.717) is 0 Å². The summed E-state index contributed by atoms with van der Waals surface area (Å²) in [5.41, 5.74) is 2.93. The van der Waals surface area contributed by atoms with Gasteiger partial charge in [0.1, 0.15) is 6.61 Å². The normalized spacial score (nSPS) is 10.1. The Morgan fingerprint density at radius 1 is 1.17 bits per heavy atom. The maximum atomic E-state index is 11.8. The first kappa shape index (κ1) is 12.2. The molecule has 2 rings (SSSR count). The number of hydrogen-bond acceptors (Lipinski definition) is 4. The molecule has 0 saturated carbocycles. The van der Waals surface area contributed by atoms with E-state index >= 15 is 0 Å². The minimum absolute atomic E-state index is 0.244. The standard InChI is InChI=1S/C14H14N2O2/c1-10-8-13(16-15-11(10)2)14(17)18-9-12-6-4-3-5-7-12/h3-8H,9H2,1-2H3. The van der Waals surface area contributed by atoms with Crippen LogP contribution in [0.1, 0.15) is 27.3 Å². The lowest BCUT2D eigenvalue weighted by Gasteiger charge is -2.05. The maximum absolute atomic E-state index is 11.8. The number of benzene rings is 1. The molecule has 0 N–H and O–H groups in total. The largest absolute Gasteiger partial charge is 0.456 e. The van der Waals surface area contributed by atoms with Crippen LogP contribution < -0.4 is 0 Å². The van der Waals surface area contributed by atoms with Crippen LogP contribution in [0.15, 0.2) is 36.4 Å². The van der Waals surface area contributed by atoms with E-state index in [4.69, 9.17) is 4.74 Å². The lowest BCUT2D eigenvalue weighted by molar-refractivity contribution is 0.0464. The molecule has 0 aliphatic carbocycles. The topological polar surface area (TPSA) is 52.1 Å². The molecule has 0 atom stereocenters. The van der Waals surface area contributed by atoms with Crippen LogP contribution in [0.4, 0.5) is 0 Å². The molecule has 0 spiro atoms. The van der Waals surface area contributed by atoms with Gasteiger partial charge in [0.15, 0.2) is 5.69 Å². The summed E-state index contributed by atoms with van der Waals surface area (Å²) in [7, 11) is 0. The Morgan fingerprint density at radius 2 is 1.89 bits per heavy atom. The van der Waals surface area contributed by atoms with Gasteiger partial charge >= 0.3 is 5.97 Å². The predicted molar refractivity (Wildman–Crippen MR) is 67.1 cm³/mol. The molecule has 92 valence electrons. The van der Waals surface area contributed by atoms with Crippen molar-refractivity contribution < 1.29 is 9.53 Å². The van der Waals surface area contributed by atoms with Gasteiger partial charge in [-0.1, -0.05) is 30.3 Å². The van der Waals surface area contributed by atoms with Crippen LogP contribution in [0.2, 0.25) is 0 Å². The van der Waals surface area contributed by atoms with Gasteiger partial charge in [-0.15, -0.1) is 5.10 Å². The quantitative estimate of drug-likeness (QED) is 0.776. The highest BCUT2D eigenvalue weighted by molar-refractivity contribution is 5.87. The number of carbonyl (C=O) groups is 1. The van der Waals surface area contributed by atoms with Crippen LogP contribution >= 0.6 is 0 Å². The molecule has 1 aromatic carbocycles. The van der Waals surface area contributed by atoms with Crippen LogP contribution in [0, 0.1) is 13.8 Å². The van der Waals surface area contributed by atoms with Crippen molar-refractivity contribution in [1.82, 2.24) is 10.2 Å². The zero-order valence-electron chi connectivity index (χ0n) is 10.4. The molecule has 0 aliphatic heterocycles. The zero-order valence-corrected chi connectivity index (χ0v) is 10.4. The van der Waals surface area contributed by atoms with Crippen molar-refractivity contribution in [3.63, 3.8) is 0 Å². The SMILES string of the molecule is Cc1cc(C(=O)OCc2ccccc2)nnc1C. The number of ether oxygens (including phenoxy) is 1. The van der Waals surface area contributed by atoms with Gasteiger partial charge < -0.3 is 4.74 Å². The van der Waals surface area contributed by atoms with E-state index in [9.17, 15) is 4.79 Å². The van der Waals surface area contributed by atoms with Crippen molar-refractivity contribution >= 4 is 5.97 Å². The Balaban J connectivity index is 2.02. The van der Waals surface area contributed by atoms with Crippen molar-refractivity contribution in [1.29, 1.82) is 0 Å². The van der Waals surface area contributed by atoms with Crippen molar-refractivity contribution in [2.45, 2.75) is 20.5 Å². The smallest absolute Gasteiger partial charge is 0.359 e. The third kappa shape index (κ3) is 2.91. The highest BCUT2D eigenvalue weighted by atomic mass is 16.5. The summed E-state index contributed by atoms with van der Waals surface area (Å²) in [6.07, 6.45) is 0. The molecular formula is C14H14N2O2. The molecule has 0 fully saturated rings. The second-order valence-corrected chi connectivity index (χ2v) is 4.06. The summed E-state index contributed by atoms with van der Waals surface area (Å²) in [6.45, 7) is 3.98. The van der Waals surface area contributed by atoms with Crippen LogP contribution in [0.25, 0.3) is 0 Å². The van der Waals surface area contributed by atoms with E-state index < -0.39 is 5.97 Å². The number of esters is 1. The molecular weight excluding hydrogens is 228 g/mol. The van der Waals surface area contributed by atoms with E-state index in [0.717, 1.165) is 16.8 Å². The minimum atomic E-state index is -0.450. The van der Waals surface area contributed by atoms with E-state index in [1.807, 2.05) is 44.2 Å². The third-order valence-electron chi connectivity index (χ3n) is 2.65. The minimum Gasteiger partial charge on any atom is -0.456 e. The van der Waals surface area contributed by atoms with Gasteiger partial charge in [-0.05, 0) is 31.0 Å². The molecule has 1 heterocycles. The molecule has 0 bridgehead atoms. The van der Waals surface area contributed by atoms with Crippen LogP contribution in [-0.2, 0) is 11.3 Å². The fraction of sp³-hybridized carbons (Fsp3) is 0.214. The first-order valence-electron chi connectivity index (χ1n) is 5.69. The van der Waals surface area contributed by atoms with Gasteiger partial charge in [0.2, 0.25) is 0 Å². The molecule has 0 saturated heterocycles. The molecule has 2 aromatic rings. The summed E-state index contributed by atoms with van der Waals surface area (Å²) in [6, 6.07) is 11.2. The number of nitrogens with zero attached hydrogens (tertiary/aromatic N) is 2. The molecule has 1 aromatic heterocycles. The molecule has 0 radical (unpaired) electrons. The van der Waals surface area contributed by atoms with E-state index in [2.05, 4.69) is 10.2 Å². The maximum Gasteiger partial charge on any atom is 0.359 e. The number of carbonyl (C=O) groups excluding carboxylic acids is 1. The lowest BCUT2D eigenvalue weighted by atomic mass is 10.2. The first-order valence-corrected chi connectivity index (χ1v) is 5.69. The Bertz CT molecular complexity index is 553. The first-order chi connectivity index (χ1) is 8.66. The van der Waals surface area contributed by atoms with Crippen LogP contribution in [0.5, 0.6) is 0 Å². The van der Waals surface area contributed by atoms with Crippen molar-refractivity contribution in [3.8, 4) is 0 Å². The average Bonchev–Trinajstić information content (AvgIpc) is 2.40. The van der Waals surface area contributed by atoms with Crippen LogP contribution in [-0.4, -0.2) is 16.2 Å². The van der Waals surface area contributed by atoms with Crippen LogP contribution in [0.3, 0.4) is 0 Å². The van der Waals surface area contributed by atoms with E-state index in [1.165, 1.54) is 0 Å². The lowest BCUT2D eigenvalue weighted by Crippen LogP contribution is -2.09. The van der Waals surface area contributed by atoms with Crippen molar-refractivity contribution in [2.75, 3.05) is 0 Å². The summed E-state index contributed by atoms with van der Waals surface area (Å²) < 4.78 is 5.17. The number of rotatable bonds is 3. The number of aromatic nitrogens is 2. The highest BCUT2D eigenvalue weighted by Gasteiger charge is 2.11. The average molecular weight is 242 g/mol. The molecule has 4 heteroatoms.